The van der Waals surface area contributed by atoms with E-state index < -0.39 is 0 Å². The fraction of sp³-hybridized carbons (Fsp3) is 0.333. The van der Waals surface area contributed by atoms with Gasteiger partial charge in [0.15, 0.2) is 0 Å². The van der Waals surface area contributed by atoms with Crippen molar-refractivity contribution in [3.8, 4) is 5.75 Å². The molecule has 100 valence electrons. The molecule has 1 heterocycles. The van der Waals surface area contributed by atoms with Crippen LogP contribution < -0.4 is 4.74 Å². The van der Waals surface area contributed by atoms with Crippen LogP contribution >= 0.6 is 0 Å². The second-order valence-corrected chi connectivity index (χ2v) is 4.26. The van der Waals surface area contributed by atoms with Crippen LogP contribution in [-0.4, -0.2) is 22.2 Å². The number of carbonyl (C=O) groups excluding carboxylic acids is 1. The summed E-state index contributed by atoms with van der Waals surface area (Å²) in [5.74, 6) is 0.563. The minimum Gasteiger partial charge on any atom is -0.493 e. The number of ether oxygens (including phenoxy) is 1. The molecular weight excluding hydrogens is 240 g/mol. The van der Waals surface area contributed by atoms with Gasteiger partial charge >= 0.3 is 0 Å². The molecule has 19 heavy (non-hydrogen) atoms. The van der Waals surface area contributed by atoms with E-state index >= 15 is 0 Å². The summed E-state index contributed by atoms with van der Waals surface area (Å²) in [6, 6.07) is 9.14. The van der Waals surface area contributed by atoms with Crippen molar-refractivity contribution in [1.29, 1.82) is 0 Å². The lowest BCUT2D eigenvalue weighted by molar-refractivity contribution is 0.102. The molecular formula is C15H18N2O2. The Kier molecular flexibility index (Phi) is 4.00. The number of para-hydroxylation sites is 1. The van der Waals surface area contributed by atoms with Crippen molar-refractivity contribution < 1.29 is 9.53 Å². The zero-order chi connectivity index (χ0) is 13.8. The highest BCUT2D eigenvalue weighted by Gasteiger charge is 2.18. The van der Waals surface area contributed by atoms with Crippen molar-refractivity contribution in [2.45, 2.75) is 20.3 Å². The Morgan fingerprint density at radius 1 is 1.32 bits per heavy atom. The lowest BCUT2D eigenvalue weighted by Crippen LogP contribution is -2.10. The number of rotatable bonds is 5. The Balaban J connectivity index is 2.40. The lowest BCUT2D eigenvalue weighted by atomic mass is 10.1. The molecule has 0 amide bonds. The highest BCUT2D eigenvalue weighted by molar-refractivity contribution is 6.09. The first kappa shape index (κ1) is 13.3. The van der Waals surface area contributed by atoms with E-state index in [4.69, 9.17) is 4.74 Å². The van der Waals surface area contributed by atoms with Crippen LogP contribution in [0.15, 0.2) is 30.3 Å². The second-order valence-electron chi connectivity index (χ2n) is 4.26. The van der Waals surface area contributed by atoms with Crippen molar-refractivity contribution in [3.05, 3.63) is 47.3 Å². The molecule has 2 rings (SSSR count). The third-order valence-corrected chi connectivity index (χ3v) is 2.96. The van der Waals surface area contributed by atoms with Gasteiger partial charge in [-0.3, -0.25) is 9.48 Å². The molecule has 0 unspecified atom stereocenters. The van der Waals surface area contributed by atoms with Crippen molar-refractivity contribution in [2.24, 2.45) is 7.05 Å². The summed E-state index contributed by atoms with van der Waals surface area (Å²) in [6.07, 6.45) is 0.814. The van der Waals surface area contributed by atoms with E-state index in [9.17, 15) is 4.79 Å². The molecule has 1 aromatic heterocycles. The summed E-state index contributed by atoms with van der Waals surface area (Å²) in [5.41, 5.74) is 2.08. The number of aromatic nitrogens is 2. The Bertz CT molecular complexity index is 588. The average Bonchev–Trinajstić information content (AvgIpc) is 2.80. The van der Waals surface area contributed by atoms with Gasteiger partial charge < -0.3 is 4.74 Å². The summed E-state index contributed by atoms with van der Waals surface area (Å²) < 4.78 is 7.13. The third-order valence-electron chi connectivity index (χ3n) is 2.96. The van der Waals surface area contributed by atoms with Gasteiger partial charge in [0, 0.05) is 7.05 Å². The highest BCUT2D eigenvalue weighted by Crippen LogP contribution is 2.21. The minimum atomic E-state index is -0.0567. The summed E-state index contributed by atoms with van der Waals surface area (Å²) in [5, 5.41) is 4.31. The molecule has 0 fully saturated rings. The first-order chi connectivity index (χ1) is 9.17. The monoisotopic (exact) mass is 258 g/mol. The molecule has 0 bridgehead atoms. The molecule has 4 nitrogen and oxygen atoms in total. The molecule has 0 saturated heterocycles. The molecule has 1 aromatic carbocycles. The molecule has 2 aromatic rings. The number of nitrogens with zero attached hydrogens (tertiary/aromatic N) is 2. The largest absolute Gasteiger partial charge is 0.493 e. The molecule has 0 aliphatic rings. The lowest BCUT2D eigenvalue weighted by Gasteiger charge is -2.08. The zero-order valence-electron chi connectivity index (χ0n) is 11.5. The molecule has 0 radical (unpaired) electrons. The van der Waals surface area contributed by atoms with Crippen molar-refractivity contribution in [1.82, 2.24) is 9.78 Å². The minimum absolute atomic E-state index is 0.0567. The summed E-state index contributed by atoms with van der Waals surface area (Å²) in [7, 11) is 1.79. The second kappa shape index (κ2) is 5.69. The maximum atomic E-state index is 12.6. The summed E-state index contributed by atoms with van der Waals surface area (Å²) in [6.45, 7) is 4.46. The number of benzene rings is 1. The summed E-state index contributed by atoms with van der Waals surface area (Å²) in [4.78, 5) is 12.6. The Morgan fingerprint density at radius 3 is 2.68 bits per heavy atom. The predicted octanol–water partition coefficient (Wildman–Crippen LogP) is 2.61. The Hall–Kier alpha value is -2.10. The van der Waals surface area contributed by atoms with Crippen molar-refractivity contribution in [2.75, 3.05) is 6.61 Å². The van der Waals surface area contributed by atoms with E-state index in [1.165, 1.54) is 0 Å². The van der Waals surface area contributed by atoms with E-state index in [0.29, 0.717) is 23.6 Å². The summed E-state index contributed by atoms with van der Waals surface area (Å²) >= 11 is 0. The van der Waals surface area contributed by atoms with Crippen LogP contribution in [-0.2, 0) is 13.5 Å². The van der Waals surface area contributed by atoms with Crippen LogP contribution in [0, 0.1) is 0 Å². The number of ketones is 1. The molecule has 0 aliphatic heterocycles. The molecule has 0 N–H and O–H groups in total. The quantitative estimate of drug-likeness (QED) is 0.774. The van der Waals surface area contributed by atoms with E-state index in [-0.39, 0.29) is 5.78 Å². The molecule has 0 aliphatic carbocycles. The van der Waals surface area contributed by atoms with E-state index in [2.05, 4.69) is 5.10 Å². The standard InChI is InChI=1S/C15H18N2O2/c1-4-11-10-13(17(3)16-11)15(18)12-8-6-7-9-14(12)19-5-2/h6-10H,4-5H2,1-3H3. The van der Waals surface area contributed by atoms with Crippen LogP contribution in [0.3, 0.4) is 0 Å². The van der Waals surface area contributed by atoms with E-state index in [1.54, 1.807) is 17.8 Å². The fourth-order valence-electron chi connectivity index (χ4n) is 1.99. The maximum Gasteiger partial charge on any atom is 0.214 e. The number of hydrogen-bond donors (Lipinski definition) is 0. The van der Waals surface area contributed by atoms with Crippen LogP contribution in [0.2, 0.25) is 0 Å². The van der Waals surface area contributed by atoms with Gasteiger partial charge in [-0.2, -0.15) is 5.10 Å². The maximum absolute atomic E-state index is 12.6. The molecule has 4 heteroatoms. The smallest absolute Gasteiger partial charge is 0.214 e. The van der Waals surface area contributed by atoms with Gasteiger partial charge in [0.1, 0.15) is 11.4 Å². The molecule has 0 atom stereocenters. The Morgan fingerprint density at radius 2 is 2.05 bits per heavy atom. The fourth-order valence-corrected chi connectivity index (χ4v) is 1.99. The number of hydrogen-bond acceptors (Lipinski definition) is 3. The third kappa shape index (κ3) is 2.67. The van der Waals surface area contributed by atoms with Gasteiger partial charge in [-0.25, -0.2) is 0 Å². The van der Waals surface area contributed by atoms with Crippen molar-refractivity contribution >= 4 is 5.78 Å². The van der Waals surface area contributed by atoms with Crippen LogP contribution in [0.1, 0.15) is 35.6 Å². The Labute approximate surface area is 113 Å². The van der Waals surface area contributed by atoms with E-state index in [1.807, 2.05) is 38.1 Å². The van der Waals surface area contributed by atoms with Crippen LogP contribution in [0.5, 0.6) is 5.75 Å². The van der Waals surface area contributed by atoms with Gasteiger partial charge in [-0.1, -0.05) is 19.1 Å². The van der Waals surface area contributed by atoms with Crippen LogP contribution in [0.25, 0.3) is 0 Å². The highest BCUT2D eigenvalue weighted by atomic mass is 16.5. The van der Waals surface area contributed by atoms with Crippen molar-refractivity contribution in [3.63, 3.8) is 0 Å². The molecule has 0 saturated carbocycles. The topological polar surface area (TPSA) is 44.1 Å². The van der Waals surface area contributed by atoms with E-state index in [0.717, 1.165) is 12.1 Å². The number of aryl methyl sites for hydroxylation is 2. The first-order valence-corrected chi connectivity index (χ1v) is 6.46. The average molecular weight is 258 g/mol. The van der Waals surface area contributed by atoms with Gasteiger partial charge in [0.2, 0.25) is 5.78 Å². The SMILES string of the molecule is CCOc1ccccc1C(=O)c1cc(CC)nn1C. The van der Waals surface area contributed by atoms with Crippen LogP contribution in [0.4, 0.5) is 0 Å². The van der Waals surface area contributed by atoms with Gasteiger partial charge in [0.25, 0.3) is 0 Å². The predicted molar refractivity (Wildman–Crippen MR) is 73.6 cm³/mol. The zero-order valence-corrected chi connectivity index (χ0v) is 11.5. The molecule has 0 spiro atoms. The normalized spacial score (nSPS) is 10.5. The van der Waals surface area contributed by atoms with Gasteiger partial charge in [-0.05, 0) is 31.5 Å². The van der Waals surface area contributed by atoms with Gasteiger partial charge in [0.05, 0.1) is 17.9 Å². The van der Waals surface area contributed by atoms with Gasteiger partial charge in [-0.15, -0.1) is 0 Å². The number of carbonyl (C=O) groups is 1. The first-order valence-electron chi connectivity index (χ1n) is 6.46.